The standard InChI is InChI=1S/C15H23NO/c1-12-6-13(2)8-15(7-12)11-17-10-14-4-3-5-16-9-14/h6-8,14,16H,3-5,9-11H2,1-2H3. The quantitative estimate of drug-likeness (QED) is 0.863. The molecule has 1 aliphatic rings. The van der Waals surface area contributed by atoms with Gasteiger partial charge in [0.2, 0.25) is 0 Å². The Morgan fingerprint density at radius 1 is 1.24 bits per heavy atom. The molecule has 0 saturated carbocycles. The van der Waals surface area contributed by atoms with Gasteiger partial charge >= 0.3 is 0 Å². The molecule has 0 bridgehead atoms. The summed E-state index contributed by atoms with van der Waals surface area (Å²) in [6.45, 7) is 8.21. The lowest BCUT2D eigenvalue weighted by Gasteiger charge is -2.22. The zero-order valence-electron chi connectivity index (χ0n) is 11.0. The number of benzene rings is 1. The van der Waals surface area contributed by atoms with Gasteiger partial charge in [-0.1, -0.05) is 29.3 Å². The first-order valence-corrected chi connectivity index (χ1v) is 6.59. The number of ether oxygens (including phenoxy) is 1. The third-order valence-electron chi connectivity index (χ3n) is 3.30. The third-order valence-corrected chi connectivity index (χ3v) is 3.30. The van der Waals surface area contributed by atoms with Crippen molar-refractivity contribution >= 4 is 0 Å². The Labute approximate surface area is 104 Å². The van der Waals surface area contributed by atoms with Crippen molar-refractivity contribution in [1.82, 2.24) is 5.32 Å². The van der Waals surface area contributed by atoms with Crippen LogP contribution < -0.4 is 5.32 Å². The SMILES string of the molecule is Cc1cc(C)cc(COCC2CCCNC2)c1. The molecule has 0 aromatic heterocycles. The van der Waals surface area contributed by atoms with Crippen molar-refractivity contribution in [2.45, 2.75) is 33.3 Å². The second kappa shape index (κ2) is 6.18. The summed E-state index contributed by atoms with van der Waals surface area (Å²) in [4.78, 5) is 0. The Morgan fingerprint density at radius 3 is 2.65 bits per heavy atom. The molecule has 2 nitrogen and oxygen atoms in total. The molecule has 1 unspecified atom stereocenters. The highest BCUT2D eigenvalue weighted by Gasteiger charge is 2.12. The van der Waals surface area contributed by atoms with Crippen molar-refractivity contribution in [3.63, 3.8) is 0 Å². The van der Waals surface area contributed by atoms with Crippen LogP contribution in [0.5, 0.6) is 0 Å². The summed E-state index contributed by atoms with van der Waals surface area (Å²) < 4.78 is 5.83. The van der Waals surface area contributed by atoms with Crippen molar-refractivity contribution in [2.75, 3.05) is 19.7 Å². The van der Waals surface area contributed by atoms with Crippen LogP contribution in [0.25, 0.3) is 0 Å². The fourth-order valence-corrected chi connectivity index (χ4v) is 2.56. The number of rotatable bonds is 4. The molecule has 0 aliphatic carbocycles. The van der Waals surface area contributed by atoms with Crippen LogP contribution >= 0.6 is 0 Å². The molecule has 94 valence electrons. The maximum Gasteiger partial charge on any atom is 0.0717 e. The van der Waals surface area contributed by atoms with E-state index in [-0.39, 0.29) is 0 Å². The predicted molar refractivity (Wildman–Crippen MR) is 71.2 cm³/mol. The van der Waals surface area contributed by atoms with Gasteiger partial charge in [0.1, 0.15) is 0 Å². The summed E-state index contributed by atoms with van der Waals surface area (Å²) in [6, 6.07) is 6.63. The molecule has 1 aliphatic heterocycles. The van der Waals surface area contributed by atoms with E-state index in [1.807, 2.05) is 0 Å². The average Bonchev–Trinajstić information content (AvgIpc) is 2.29. The molecule has 1 N–H and O–H groups in total. The lowest BCUT2D eigenvalue weighted by Crippen LogP contribution is -2.32. The van der Waals surface area contributed by atoms with Crippen LogP contribution in [-0.2, 0) is 11.3 Å². The molecule has 2 heteroatoms. The predicted octanol–water partition coefficient (Wildman–Crippen LogP) is 2.82. The van der Waals surface area contributed by atoms with Crippen LogP contribution in [-0.4, -0.2) is 19.7 Å². The molecule has 1 atom stereocenters. The normalized spacial score (nSPS) is 20.5. The van der Waals surface area contributed by atoms with Gasteiger partial charge < -0.3 is 10.1 Å². The minimum Gasteiger partial charge on any atom is -0.376 e. The van der Waals surface area contributed by atoms with E-state index >= 15 is 0 Å². The number of aryl methyl sites for hydroxylation is 2. The van der Waals surface area contributed by atoms with Crippen LogP contribution in [0.15, 0.2) is 18.2 Å². The number of hydrogen-bond donors (Lipinski definition) is 1. The first-order chi connectivity index (χ1) is 8.24. The monoisotopic (exact) mass is 233 g/mol. The van der Waals surface area contributed by atoms with Crippen LogP contribution in [0, 0.1) is 19.8 Å². The van der Waals surface area contributed by atoms with Crippen LogP contribution in [0.2, 0.25) is 0 Å². The minimum atomic E-state index is 0.703. The van der Waals surface area contributed by atoms with Gasteiger partial charge in [-0.15, -0.1) is 0 Å². The largest absolute Gasteiger partial charge is 0.376 e. The maximum absolute atomic E-state index is 5.83. The van der Waals surface area contributed by atoms with E-state index in [9.17, 15) is 0 Å². The van der Waals surface area contributed by atoms with Crippen LogP contribution in [0.3, 0.4) is 0 Å². The molecule has 0 amide bonds. The van der Waals surface area contributed by atoms with Crippen molar-refractivity contribution in [3.05, 3.63) is 34.9 Å². The smallest absolute Gasteiger partial charge is 0.0717 e. The lowest BCUT2D eigenvalue weighted by atomic mass is 10.0. The molecule has 0 radical (unpaired) electrons. The first-order valence-electron chi connectivity index (χ1n) is 6.59. The second-order valence-electron chi connectivity index (χ2n) is 5.22. The summed E-state index contributed by atoms with van der Waals surface area (Å²) >= 11 is 0. The maximum atomic E-state index is 5.83. The topological polar surface area (TPSA) is 21.3 Å². The summed E-state index contributed by atoms with van der Waals surface area (Å²) in [5.74, 6) is 0.703. The fourth-order valence-electron chi connectivity index (χ4n) is 2.56. The summed E-state index contributed by atoms with van der Waals surface area (Å²) in [6.07, 6.45) is 2.59. The molecule has 17 heavy (non-hydrogen) atoms. The summed E-state index contributed by atoms with van der Waals surface area (Å²) in [5, 5.41) is 3.42. The average molecular weight is 233 g/mol. The molecule has 1 heterocycles. The van der Waals surface area contributed by atoms with Gasteiger partial charge in [0.05, 0.1) is 13.2 Å². The summed E-state index contributed by atoms with van der Waals surface area (Å²) in [7, 11) is 0. The van der Waals surface area contributed by atoms with E-state index in [1.54, 1.807) is 0 Å². The Balaban J connectivity index is 1.77. The van der Waals surface area contributed by atoms with Crippen molar-refractivity contribution in [3.8, 4) is 0 Å². The van der Waals surface area contributed by atoms with Gasteiger partial charge in [0, 0.05) is 6.54 Å². The van der Waals surface area contributed by atoms with E-state index in [2.05, 4.69) is 37.4 Å². The van der Waals surface area contributed by atoms with E-state index in [1.165, 1.54) is 36.1 Å². The van der Waals surface area contributed by atoms with Gasteiger partial charge in [0.25, 0.3) is 0 Å². The van der Waals surface area contributed by atoms with Gasteiger partial charge in [-0.2, -0.15) is 0 Å². The molecule has 1 saturated heterocycles. The number of nitrogens with one attached hydrogen (secondary N) is 1. The summed E-state index contributed by atoms with van der Waals surface area (Å²) in [5.41, 5.74) is 3.94. The number of piperidine rings is 1. The molecular weight excluding hydrogens is 210 g/mol. The highest BCUT2D eigenvalue weighted by atomic mass is 16.5. The van der Waals surface area contributed by atoms with E-state index in [0.717, 1.165) is 19.8 Å². The van der Waals surface area contributed by atoms with Crippen LogP contribution in [0.4, 0.5) is 0 Å². The zero-order chi connectivity index (χ0) is 12.1. The zero-order valence-corrected chi connectivity index (χ0v) is 11.0. The molecule has 1 aromatic carbocycles. The molecule has 1 aromatic rings. The molecular formula is C15H23NO. The fraction of sp³-hybridized carbons (Fsp3) is 0.600. The second-order valence-corrected chi connectivity index (χ2v) is 5.22. The van der Waals surface area contributed by atoms with Gasteiger partial charge in [-0.25, -0.2) is 0 Å². The Morgan fingerprint density at radius 2 is 2.00 bits per heavy atom. The van der Waals surface area contributed by atoms with Gasteiger partial charge in [0.15, 0.2) is 0 Å². The van der Waals surface area contributed by atoms with Gasteiger partial charge in [-0.3, -0.25) is 0 Å². The molecule has 1 fully saturated rings. The van der Waals surface area contributed by atoms with Crippen molar-refractivity contribution in [2.24, 2.45) is 5.92 Å². The Hall–Kier alpha value is -0.860. The first kappa shape index (κ1) is 12.6. The Bertz CT molecular complexity index is 336. The number of hydrogen-bond acceptors (Lipinski definition) is 2. The highest BCUT2D eigenvalue weighted by molar-refractivity contribution is 5.27. The molecule has 0 spiro atoms. The van der Waals surface area contributed by atoms with E-state index in [4.69, 9.17) is 4.74 Å². The van der Waals surface area contributed by atoms with Crippen molar-refractivity contribution in [1.29, 1.82) is 0 Å². The van der Waals surface area contributed by atoms with E-state index in [0.29, 0.717) is 5.92 Å². The van der Waals surface area contributed by atoms with E-state index < -0.39 is 0 Å². The van der Waals surface area contributed by atoms with Gasteiger partial charge in [-0.05, 0) is 44.7 Å². The highest BCUT2D eigenvalue weighted by Crippen LogP contribution is 2.13. The third kappa shape index (κ3) is 4.14. The minimum absolute atomic E-state index is 0.703. The Kier molecular flexibility index (Phi) is 4.57. The lowest BCUT2D eigenvalue weighted by molar-refractivity contribution is 0.0782. The molecule has 2 rings (SSSR count). The van der Waals surface area contributed by atoms with Crippen LogP contribution in [0.1, 0.15) is 29.5 Å². The van der Waals surface area contributed by atoms with Crippen molar-refractivity contribution < 1.29 is 4.74 Å².